The van der Waals surface area contributed by atoms with Crippen LogP contribution >= 0.6 is 0 Å². The highest BCUT2D eigenvalue weighted by Crippen LogP contribution is 2.22. The smallest absolute Gasteiger partial charge is 0.165 e. The number of benzene rings is 2. The second kappa shape index (κ2) is 18.3. The van der Waals surface area contributed by atoms with E-state index in [1.54, 1.807) is 26.2 Å². The van der Waals surface area contributed by atoms with Crippen LogP contribution in [-0.2, 0) is 20.7 Å². The molecule has 2 aromatic carbocycles. The van der Waals surface area contributed by atoms with Gasteiger partial charge in [0.05, 0.1) is 5.92 Å². The molecule has 0 bridgehead atoms. The van der Waals surface area contributed by atoms with Gasteiger partial charge in [-0.25, -0.2) is 0 Å². The van der Waals surface area contributed by atoms with Crippen LogP contribution in [0, 0.1) is 29.6 Å². The Kier molecular flexibility index (Phi) is 15.2. The van der Waals surface area contributed by atoms with E-state index in [1.165, 1.54) is 12.0 Å². The third-order valence-corrected chi connectivity index (χ3v) is 7.49. The molecule has 1 N–H and O–H groups in total. The number of carbonyl (C=O) groups excluding carboxylic acids is 3. The van der Waals surface area contributed by atoms with E-state index in [0.717, 1.165) is 43.4 Å². The van der Waals surface area contributed by atoms with Crippen LogP contribution in [0.2, 0.25) is 0 Å². The van der Waals surface area contributed by atoms with Gasteiger partial charge in [0.25, 0.3) is 0 Å². The van der Waals surface area contributed by atoms with Crippen molar-refractivity contribution in [2.24, 2.45) is 17.8 Å². The van der Waals surface area contributed by atoms with E-state index in [-0.39, 0.29) is 36.8 Å². The summed E-state index contributed by atoms with van der Waals surface area (Å²) in [6, 6.07) is 15.6. The molecule has 3 unspecified atom stereocenters. The van der Waals surface area contributed by atoms with Gasteiger partial charge in [-0.15, -0.1) is 0 Å². The van der Waals surface area contributed by atoms with Gasteiger partial charge in [0.2, 0.25) is 0 Å². The first-order chi connectivity index (χ1) is 19.3. The molecule has 3 atom stereocenters. The van der Waals surface area contributed by atoms with Crippen LogP contribution in [0.3, 0.4) is 0 Å². The van der Waals surface area contributed by atoms with Crippen LogP contribution in [0.15, 0.2) is 48.5 Å². The molecule has 0 radical (unpaired) electrons. The first-order valence-corrected chi connectivity index (χ1v) is 14.7. The lowest BCUT2D eigenvalue weighted by atomic mass is 9.83. The van der Waals surface area contributed by atoms with Gasteiger partial charge in [-0.3, -0.25) is 14.4 Å². The molecule has 0 aliphatic rings. The van der Waals surface area contributed by atoms with Crippen molar-refractivity contribution in [3.63, 3.8) is 0 Å². The molecule has 0 amide bonds. The molecule has 0 aliphatic carbocycles. The lowest BCUT2D eigenvalue weighted by Crippen LogP contribution is -2.29. The van der Waals surface area contributed by atoms with Crippen molar-refractivity contribution >= 4 is 17.3 Å². The molecule has 0 saturated heterocycles. The van der Waals surface area contributed by atoms with Crippen LogP contribution in [0.5, 0.6) is 0 Å². The average molecular weight is 547 g/mol. The van der Waals surface area contributed by atoms with Gasteiger partial charge in [-0.1, -0.05) is 69.7 Å². The minimum Gasteiger partial charge on any atom is -0.396 e. The van der Waals surface area contributed by atoms with Crippen LogP contribution in [0.4, 0.5) is 0 Å². The fraction of sp³-hybridized carbons (Fsp3) is 0.514. The Morgan fingerprint density at radius 3 is 2.02 bits per heavy atom. The van der Waals surface area contributed by atoms with E-state index in [0.29, 0.717) is 24.3 Å². The number of ether oxygens (including phenoxy) is 1. The maximum atomic E-state index is 13.1. The summed E-state index contributed by atoms with van der Waals surface area (Å²) < 4.78 is 5.18. The molecule has 40 heavy (non-hydrogen) atoms. The van der Waals surface area contributed by atoms with Gasteiger partial charge in [0.1, 0.15) is 11.6 Å². The van der Waals surface area contributed by atoms with E-state index in [4.69, 9.17) is 4.74 Å². The zero-order valence-corrected chi connectivity index (χ0v) is 24.7. The van der Waals surface area contributed by atoms with Gasteiger partial charge in [0, 0.05) is 55.8 Å². The second-order valence-electron chi connectivity index (χ2n) is 10.7. The number of ketones is 3. The fourth-order valence-electron chi connectivity index (χ4n) is 4.88. The maximum Gasteiger partial charge on any atom is 0.165 e. The summed E-state index contributed by atoms with van der Waals surface area (Å²) in [5.41, 5.74) is 3.60. The zero-order valence-electron chi connectivity index (χ0n) is 24.7. The highest BCUT2D eigenvalue weighted by molar-refractivity contribution is 6.04. The number of aliphatic hydroxyl groups is 1. The number of rotatable bonds is 18. The number of hydrogen-bond donors (Lipinski definition) is 1. The van der Waals surface area contributed by atoms with Gasteiger partial charge in [0.15, 0.2) is 5.78 Å². The first-order valence-electron chi connectivity index (χ1n) is 14.7. The molecule has 0 spiro atoms. The third kappa shape index (κ3) is 11.2. The zero-order chi connectivity index (χ0) is 29.3. The Bertz CT molecular complexity index is 1120. The molecular formula is C35H46O5. The minimum atomic E-state index is -0.835. The van der Waals surface area contributed by atoms with Crippen molar-refractivity contribution in [3.05, 3.63) is 70.8 Å². The molecule has 5 nitrogen and oxygen atoms in total. The minimum absolute atomic E-state index is 0.0618. The Morgan fingerprint density at radius 1 is 0.875 bits per heavy atom. The summed E-state index contributed by atoms with van der Waals surface area (Å²) >= 11 is 0. The Balaban J connectivity index is 2.00. The standard InChI is InChI=1S/C35H46O5/c1-5-7-10-33(37)32(34(38)21-22-36)24-26(3)35(39)31-19-17-29(18-20-31)12-11-28-13-15-30(16-14-28)25-27(6-2)9-8-23-40-4/h13-20,26-27,32,36H,5-10,21-25H2,1-4H3. The summed E-state index contributed by atoms with van der Waals surface area (Å²) in [5.74, 6) is 5.19. The number of methoxy groups -OCH3 is 1. The van der Waals surface area contributed by atoms with Crippen molar-refractivity contribution in [3.8, 4) is 11.8 Å². The summed E-state index contributed by atoms with van der Waals surface area (Å²) in [6.07, 6.45) is 6.48. The van der Waals surface area contributed by atoms with Crippen molar-refractivity contribution < 1.29 is 24.2 Å². The van der Waals surface area contributed by atoms with Crippen LogP contribution < -0.4 is 0 Å². The number of unbranched alkanes of at least 4 members (excludes halogenated alkanes) is 1. The molecule has 2 aromatic rings. The van der Waals surface area contributed by atoms with Gasteiger partial charge in [-0.2, -0.15) is 0 Å². The first kappa shape index (κ1) is 33.1. The highest BCUT2D eigenvalue weighted by Gasteiger charge is 2.29. The molecular weight excluding hydrogens is 500 g/mol. The molecule has 0 heterocycles. The van der Waals surface area contributed by atoms with Crippen LogP contribution in [0.25, 0.3) is 0 Å². The van der Waals surface area contributed by atoms with Crippen molar-refractivity contribution in [2.75, 3.05) is 20.3 Å². The van der Waals surface area contributed by atoms with Crippen molar-refractivity contribution in [1.29, 1.82) is 0 Å². The molecule has 216 valence electrons. The number of hydrogen-bond acceptors (Lipinski definition) is 5. The highest BCUT2D eigenvalue weighted by atomic mass is 16.5. The van der Waals surface area contributed by atoms with E-state index in [2.05, 4.69) is 43.0 Å². The lowest BCUT2D eigenvalue weighted by Gasteiger charge is -2.18. The maximum absolute atomic E-state index is 13.1. The van der Waals surface area contributed by atoms with Gasteiger partial charge < -0.3 is 9.84 Å². The van der Waals surface area contributed by atoms with Crippen LogP contribution in [-0.4, -0.2) is 42.8 Å². The van der Waals surface area contributed by atoms with E-state index in [9.17, 15) is 19.5 Å². The monoisotopic (exact) mass is 546 g/mol. The fourth-order valence-corrected chi connectivity index (χ4v) is 4.88. The molecule has 5 heteroatoms. The summed E-state index contributed by atoms with van der Waals surface area (Å²) in [4.78, 5) is 38.2. The van der Waals surface area contributed by atoms with E-state index < -0.39 is 11.8 Å². The SMILES string of the molecule is CCCCC(=O)C(CC(C)C(=O)c1ccc(C#Cc2ccc(CC(CC)CCCOC)cc2)cc1)C(=O)CCO. The molecule has 0 fully saturated rings. The summed E-state index contributed by atoms with van der Waals surface area (Å²) in [5, 5.41) is 9.18. The molecule has 0 saturated carbocycles. The van der Waals surface area contributed by atoms with Crippen molar-refractivity contribution in [1.82, 2.24) is 0 Å². The lowest BCUT2D eigenvalue weighted by molar-refractivity contribution is -0.133. The summed E-state index contributed by atoms with van der Waals surface area (Å²) in [7, 11) is 1.75. The number of aliphatic hydroxyl groups excluding tert-OH is 1. The Morgan fingerprint density at radius 2 is 1.48 bits per heavy atom. The second-order valence-corrected chi connectivity index (χ2v) is 10.7. The number of carbonyl (C=O) groups is 3. The van der Waals surface area contributed by atoms with Gasteiger partial charge in [-0.05, 0) is 67.9 Å². The third-order valence-electron chi connectivity index (χ3n) is 7.49. The molecule has 2 rings (SSSR count). The van der Waals surface area contributed by atoms with Gasteiger partial charge >= 0.3 is 0 Å². The van der Waals surface area contributed by atoms with Crippen LogP contribution in [0.1, 0.15) is 99.2 Å². The van der Waals surface area contributed by atoms with E-state index in [1.807, 2.05) is 19.1 Å². The van der Waals surface area contributed by atoms with E-state index >= 15 is 0 Å². The predicted octanol–water partition coefficient (Wildman–Crippen LogP) is 6.62. The number of Topliss-reactive ketones (excluding diaryl/α,β-unsaturated/α-hetero) is 3. The Labute approximate surface area is 240 Å². The largest absolute Gasteiger partial charge is 0.396 e. The quantitative estimate of drug-likeness (QED) is 0.0984. The molecule has 0 aromatic heterocycles. The topological polar surface area (TPSA) is 80.7 Å². The average Bonchev–Trinajstić information content (AvgIpc) is 2.97. The van der Waals surface area contributed by atoms with Crippen molar-refractivity contribution in [2.45, 2.75) is 78.6 Å². The molecule has 0 aliphatic heterocycles. The normalized spacial score (nSPS) is 13.1. The predicted molar refractivity (Wildman–Crippen MR) is 160 cm³/mol. The Hall–Kier alpha value is -3.07. The summed E-state index contributed by atoms with van der Waals surface area (Å²) in [6.45, 7) is 6.51.